The number of anilines is 2. The van der Waals surface area contributed by atoms with E-state index in [1.807, 2.05) is 0 Å². The van der Waals surface area contributed by atoms with Crippen LogP contribution in [-0.2, 0) is 0 Å². The molecule has 3 N–H and O–H groups in total. The third kappa shape index (κ3) is 2.17. The van der Waals surface area contributed by atoms with Crippen LogP contribution in [0.15, 0.2) is 12.3 Å². The average molecular weight is 203 g/mol. The van der Waals surface area contributed by atoms with E-state index in [1.54, 1.807) is 6.07 Å². The fourth-order valence-electron chi connectivity index (χ4n) is 1.24. The summed E-state index contributed by atoms with van der Waals surface area (Å²) < 4.78 is 0. The minimum Gasteiger partial charge on any atom is -1.00 e. The van der Waals surface area contributed by atoms with Gasteiger partial charge in [-0.1, -0.05) is 0 Å². The maximum atomic E-state index is 10.6. The topological polar surface area (TPSA) is 74.2 Å². The number of hydrogen-bond acceptors (Lipinski definition) is 4. The van der Waals surface area contributed by atoms with E-state index in [0.29, 0.717) is 0 Å². The van der Waals surface area contributed by atoms with E-state index < -0.39 is 5.97 Å². The van der Waals surface area contributed by atoms with Gasteiger partial charge in [0, 0.05) is 19.3 Å². The molecule has 70 valence electrons. The molecular formula is C8H10N3NaO2. The summed E-state index contributed by atoms with van der Waals surface area (Å²) in [4.78, 5) is 14.6. The first kappa shape index (κ1) is 11.3. The summed E-state index contributed by atoms with van der Waals surface area (Å²) in [7, 11) is 0. The minimum absolute atomic E-state index is 0. The molecule has 0 unspecified atom stereocenters. The van der Waals surface area contributed by atoms with Crippen molar-refractivity contribution in [3.63, 3.8) is 0 Å². The van der Waals surface area contributed by atoms with Gasteiger partial charge in [-0.3, -0.25) is 0 Å². The van der Waals surface area contributed by atoms with Crippen molar-refractivity contribution in [1.82, 2.24) is 4.98 Å². The van der Waals surface area contributed by atoms with Crippen LogP contribution >= 0.6 is 0 Å². The van der Waals surface area contributed by atoms with Crippen molar-refractivity contribution in [2.75, 3.05) is 23.7 Å². The van der Waals surface area contributed by atoms with Gasteiger partial charge in [0.05, 0.1) is 11.3 Å². The van der Waals surface area contributed by atoms with Gasteiger partial charge >= 0.3 is 35.5 Å². The average Bonchev–Trinajstić information content (AvgIpc) is 2.17. The van der Waals surface area contributed by atoms with E-state index in [-0.39, 0.29) is 36.5 Å². The monoisotopic (exact) mass is 203 g/mol. The van der Waals surface area contributed by atoms with Crippen molar-refractivity contribution in [2.24, 2.45) is 0 Å². The van der Waals surface area contributed by atoms with Crippen molar-refractivity contribution < 1.29 is 40.9 Å². The van der Waals surface area contributed by atoms with Crippen LogP contribution in [0.1, 0.15) is 11.8 Å². The second-order valence-electron chi connectivity index (χ2n) is 2.78. The van der Waals surface area contributed by atoms with Crippen molar-refractivity contribution in [3.05, 3.63) is 17.8 Å². The van der Waals surface area contributed by atoms with Gasteiger partial charge in [-0.25, -0.2) is 9.78 Å². The maximum absolute atomic E-state index is 10.6. The van der Waals surface area contributed by atoms with Crippen LogP contribution in [-0.4, -0.2) is 29.1 Å². The molecule has 0 fully saturated rings. The molecule has 14 heavy (non-hydrogen) atoms. The Morgan fingerprint density at radius 2 is 2.21 bits per heavy atom. The first-order valence-corrected chi connectivity index (χ1v) is 3.98. The number of aromatic carboxylic acids is 1. The Morgan fingerprint density at radius 3 is 2.93 bits per heavy atom. The zero-order valence-corrected chi connectivity index (χ0v) is 9.87. The third-order valence-corrected chi connectivity index (χ3v) is 1.87. The number of carboxylic acids is 1. The van der Waals surface area contributed by atoms with Gasteiger partial charge in [-0.05, 0) is 6.07 Å². The molecule has 0 aromatic carbocycles. The quantitative estimate of drug-likeness (QED) is 0.449. The summed E-state index contributed by atoms with van der Waals surface area (Å²) in [6, 6.07) is 1.58. The Bertz CT molecular complexity index is 362. The molecule has 0 bridgehead atoms. The van der Waals surface area contributed by atoms with Gasteiger partial charge in [0.25, 0.3) is 0 Å². The van der Waals surface area contributed by atoms with Gasteiger partial charge < -0.3 is 17.2 Å². The van der Waals surface area contributed by atoms with E-state index in [1.165, 1.54) is 6.20 Å². The van der Waals surface area contributed by atoms with Gasteiger partial charge in [0.15, 0.2) is 0 Å². The summed E-state index contributed by atoms with van der Waals surface area (Å²) in [5.74, 6) is -0.237. The molecule has 2 heterocycles. The maximum Gasteiger partial charge on any atom is 1.00 e. The van der Waals surface area contributed by atoms with Crippen molar-refractivity contribution >= 4 is 17.5 Å². The smallest absolute Gasteiger partial charge is 1.00 e. The predicted octanol–water partition coefficient (Wildman–Crippen LogP) is -2.27. The number of rotatable bonds is 1. The van der Waals surface area contributed by atoms with Crippen LogP contribution in [0.25, 0.3) is 0 Å². The molecule has 1 aliphatic rings. The van der Waals surface area contributed by atoms with E-state index in [2.05, 4.69) is 15.6 Å². The number of hydrogen-bond donors (Lipinski definition) is 3. The van der Waals surface area contributed by atoms with Crippen LogP contribution in [0.5, 0.6) is 0 Å². The second-order valence-corrected chi connectivity index (χ2v) is 2.78. The summed E-state index contributed by atoms with van der Waals surface area (Å²) >= 11 is 0. The number of carboxylic acid groups (broad SMARTS) is 1. The van der Waals surface area contributed by atoms with Crippen molar-refractivity contribution in [1.29, 1.82) is 0 Å². The Morgan fingerprint density at radius 1 is 1.50 bits per heavy atom. The van der Waals surface area contributed by atoms with Gasteiger partial charge in [0.1, 0.15) is 5.82 Å². The molecule has 2 rings (SSSR count). The van der Waals surface area contributed by atoms with Crippen LogP contribution in [0, 0.1) is 0 Å². The summed E-state index contributed by atoms with van der Waals surface area (Å²) in [5, 5.41) is 14.8. The Hall–Kier alpha value is -0.780. The fraction of sp³-hybridized carbons (Fsp3) is 0.250. The van der Waals surface area contributed by atoms with Crippen molar-refractivity contribution in [2.45, 2.75) is 0 Å². The molecule has 0 amide bonds. The Kier molecular flexibility index (Phi) is 3.74. The van der Waals surface area contributed by atoms with Crippen molar-refractivity contribution in [3.8, 4) is 0 Å². The van der Waals surface area contributed by atoms with Gasteiger partial charge in [-0.2, -0.15) is 0 Å². The van der Waals surface area contributed by atoms with E-state index in [4.69, 9.17) is 5.11 Å². The molecule has 0 spiro atoms. The number of nitrogens with zero attached hydrogens (tertiary/aromatic N) is 1. The number of pyridine rings is 1. The summed E-state index contributed by atoms with van der Waals surface area (Å²) in [6.07, 6.45) is 1.35. The van der Waals surface area contributed by atoms with Crippen LogP contribution in [0.4, 0.5) is 11.5 Å². The summed E-state index contributed by atoms with van der Waals surface area (Å²) in [5.41, 5.74) is 0.959. The third-order valence-electron chi connectivity index (χ3n) is 1.87. The van der Waals surface area contributed by atoms with Crippen LogP contribution in [0.2, 0.25) is 0 Å². The Labute approximate surface area is 105 Å². The molecule has 5 nitrogen and oxygen atoms in total. The normalized spacial score (nSPS) is 12.9. The molecule has 6 heteroatoms. The number of fused-ring (bicyclic) bond motifs is 1. The number of carbonyl (C=O) groups is 1. The van der Waals surface area contributed by atoms with E-state index in [0.717, 1.165) is 24.6 Å². The van der Waals surface area contributed by atoms with Crippen LogP contribution in [0.3, 0.4) is 0 Å². The molecule has 0 atom stereocenters. The number of nitrogens with one attached hydrogen (secondary N) is 2. The van der Waals surface area contributed by atoms with E-state index >= 15 is 0 Å². The molecule has 1 aliphatic heterocycles. The second kappa shape index (κ2) is 4.63. The predicted molar refractivity (Wildman–Crippen MR) is 49.3 cm³/mol. The first-order valence-electron chi connectivity index (χ1n) is 3.98. The minimum atomic E-state index is -0.956. The molecule has 1 aromatic heterocycles. The number of aromatic nitrogens is 1. The SMILES string of the molecule is O=C(O)c1cnc2c(c1)NCCN2.[H-].[Na+]. The zero-order chi connectivity index (χ0) is 9.26. The molecule has 0 aliphatic carbocycles. The molecule has 0 saturated carbocycles. The summed E-state index contributed by atoms with van der Waals surface area (Å²) in [6.45, 7) is 1.60. The fourth-order valence-corrected chi connectivity index (χ4v) is 1.24. The van der Waals surface area contributed by atoms with Gasteiger partial charge in [-0.15, -0.1) is 0 Å². The molecule has 0 radical (unpaired) electrons. The van der Waals surface area contributed by atoms with E-state index in [9.17, 15) is 4.79 Å². The largest absolute Gasteiger partial charge is 1.00 e. The molecule has 0 saturated heterocycles. The Balaban J connectivity index is 0.000000980. The first-order chi connectivity index (χ1) is 6.27. The molecule has 1 aromatic rings. The van der Waals surface area contributed by atoms with Gasteiger partial charge in [0.2, 0.25) is 0 Å². The molecular weight excluding hydrogens is 193 g/mol. The zero-order valence-electron chi connectivity index (χ0n) is 8.87. The van der Waals surface area contributed by atoms with Crippen LogP contribution < -0.4 is 40.2 Å². The standard InChI is InChI=1S/C8H9N3O2.Na.H/c12-8(13)5-3-6-7(11-4-5)10-2-1-9-6;;/h3-4,9H,1-2H2,(H,10,11)(H,12,13);;/q;+1;-1.